The van der Waals surface area contributed by atoms with Gasteiger partial charge in [-0.15, -0.1) is 0 Å². The van der Waals surface area contributed by atoms with Gasteiger partial charge in [0, 0.05) is 24.8 Å². The molecule has 1 N–H and O–H groups in total. The van der Waals surface area contributed by atoms with Gasteiger partial charge in [0.1, 0.15) is 5.82 Å². The SMILES string of the molecule is CCn1ccc(NC2CCCC2)n1. The standard InChI is InChI=1S/C10H17N3/c1-2-13-8-7-10(12-13)11-9-5-3-4-6-9/h7-9H,2-6H2,1H3,(H,11,12). The Balaban J connectivity index is 1.92. The van der Waals surface area contributed by atoms with Crippen LogP contribution >= 0.6 is 0 Å². The summed E-state index contributed by atoms with van der Waals surface area (Å²) in [5.41, 5.74) is 0. The molecule has 3 nitrogen and oxygen atoms in total. The largest absolute Gasteiger partial charge is 0.366 e. The fourth-order valence-corrected chi connectivity index (χ4v) is 1.89. The van der Waals surface area contributed by atoms with Gasteiger partial charge in [-0.3, -0.25) is 4.68 Å². The molecule has 1 aromatic heterocycles. The van der Waals surface area contributed by atoms with E-state index in [0.717, 1.165) is 12.4 Å². The van der Waals surface area contributed by atoms with Crippen molar-refractivity contribution in [2.24, 2.45) is 0 Å². The summed E-state index contributed by atoms with van der Waals surface area (Å²) in [4.78, 5) is 0. The van der Waals surface area contributed by atoms with Crippen LogP contribution in [-0.4, -0.2) is 15.8 Å². The van der Waals surface area contributed by atoms with Crippen LogP contribution in [-0.2, 0) is 6.54 Å². The Morgan fingerprint density at radius 3 is 2.92 bits per heavy atom. The van der Waals surface area contributed by atoms with Crippen LogP contribution in [0.5, 0.6) is 0 Å². The van der Waals surface area contributed by atoms with E-state index in [4.69, 9.17) is 0 Å². The van der Waals surface area contributed by atoms with Gasteiger partial charge in [0.15, 0.2) is 0 Å². The Morgan fingerprint density at radius 1 is 1.54 bits per heavy atom. The number of rotatable bonds is 3. The normalized spacial score (nSPS) is 17.9. The van der Waals surface area contributed by atoms with Gasteiger partial charge in [0.05, 0.1) is 0 Å². The molecule has 1 aromatic rings. The van der Waals surface area contributed by atoms with Crippen molar-refractivity contribution in [3.8, 4) is 0 Å². The first-order valence-corrected chi connectivity index (χ1v) is 5.18. The van der Waals surface area contributed by atoms with Gasteiger partial charge >= 0.3 is 0 Å². The summed E-state index contributed by atoms with van der Waals surface area (Å²) < 4.78 is 1.96. The van der Waals surface area contributed by atoms with Gasteiger partial charge in [0.2, 0.25) is 0 Å². The van der Waals surface area contributed by atoms with E-state index in [1.807, 2.05) is 10.9 Å². The molecular weight excluding hydrogens is 162 g/mol. The molecule has 1 heterocycles. The van der Waals surface area contributed by atoms with Crippen molar-refractivity contribution >= 4 is 5.82 Å². The maximum atomic E-state index is 4.40. The second kappa shape index (κ2) is 3.81. The van der Waals surface area contributed by atoms with Gasteiger partial charge in [-0.25, -0.2) is 0 Å². The van der Waals surface area contributed by atoms with Gasteiger partial charge in [-0.05, 0) is 19.8 Å². The summed E-state index contributed by atoms with van der Waals surface area (Å²) in [7, 11) is 0. The number of anilines is 1. The van der Waals surface area contributed by atoms with Gasteiger partial charge in [0.25, 0.3) is 0 Å². The number of aryl methyl sites for hydroxylation is 1. The molecule has 0 bridgehead atoms. The van der Waals surface area contributed by atoms with Crippen LogP contribution < -0.4 is 5.32 Å². The van der Waals surface area contributed by atoms with Crippen LogP contribution in [0.2, 0.25) is 0 Å². The Morgan fingerprint density at radius 2 is 2.31 bits per heavy atom. The predicted octanol–water partition coefficient (Wildman–Crippen LogP) is 2.26. The minimum Gasteiger partial charge on any atom is -0.366 e. The highest BCUT2D eigenvalue weighted by Crippen LogP contribution is 2.21. The van der Waals surface area contributed by atoms with Gasteiger partial charge in [-0.1, -0.05) is 12.8 Å². The third kappa shape index (κ3) is 2.02. The van der Waals surface area contributed by atoms with Crippen LogP contribution in [0.3, 0.4) is 0 Å². The molecule has 0 saturated heterocycles. The summed E-state index contributed by atoms with van der Waals surface area (Å²) in [6.45, 7) is 3.05. The third-order valence-corrected chi connectivity index (χ3v) is 2.67. The van der Waals surface area contributed by atoms with Crippen molar-refractivity contribution in [2.75, 3.05) is 5.32 Å². The zero-order valence-corrected chi connectivity index (χ0v) is 8.16. The first-order valence-electron chi connectivity index (χ1n) is 5.18. The number of nitrogens with one attached hydrogen (secondary N) is 1. The predicted molar refractivity (Wildman–Crippen MR) is 53.8 cm³/mol. The van der Waals surface area contributed by atoms with Crippen molar-refractivity contribution in [2.45, 2.75) is 45.2 Å². The van der Waals surface area contributed by atoms with E-state index in [9.17, 15) is 0 Å². The molecule has 1 aliphatic rings. The van der Waals surface area contributed by atoms with Crippen LogP contribution in [0, 0.1) is 0 Å². The number of aromatic nitrogens is 2. The molecule has 0 aliphatic heterocycles. The molecule has 1 fully saturated rings. The van der Waals surface area contributed by atoms with Crippen LogP contribution in [0.1, 0.15) is 32.6 Å². The van der Waals surface area contributed by atoms with E-state index in [0.29, 0.717) is 6.04 Å². The third-order valence-electron chi connectivity index (χ3n) is 2.67. The lowest BCUT2D eigenvalue weighted by Gasteiger charge is -2.09. The first kappa shape index (κ1) is 8.60. The highest BCUT2D eigenvalue weighted by Gasteiger charge is 2.14. The minimum atomic E-state index is 0.667. The molecule has 3 heteroatoms. The summed E-state index contributed by atoms with van der Waals surface area (Å²) >= 11 is 0. The van der Waals surface area contributed by atoms with E-state index in [1.54, 1.807) is 0 Å². The molecule has 0 amide bonds. The lowest BCUT2D eigenvalue weighted by atomic mass is 10.2. The van der Waals surface area contributed by atoms with Crippen molar-refractivity contribution in [3.63, 3.8) is 0 Å². The number of hydrogen-bond donors (Lipinski definition) is 1. The fraction of sp³-hybridized carbons (Fsp3) is 0.700. The van der Waals surface area contributed by atoms with Crippen LogP contribution in [0.15, 0.2) is 12.3 Å². The molecule has 2 rings (SSSR count). The average molecular weight is 179 g/mol. The first-order chi connectivity index (χ1) is 6.38. The van der Waals surface area contributed by atoms with Crippen molar-refractivity contribution < 1.29 is 0 Å². The monoisotopic (exact) mass is 179 g/mol. The summed E-state index contributed by atoms with van der Waals surface area (Å²) in [5, 5.41) is 7.86. The molecule has 1 aliphatic carbocycles. The van der Waals surface area contributed by atoms with E-state index in [1.165, 1.54) is 25.7 Å². The van der Waals surface area contributed by atoms with E-state index in [-0.39, 0.29) is 0 Å². The molecule has 0 spiro atoms. The summed E-state index contributed by atoms with van der Waals surface area (Å²) in [6, 6.07) is 2.72. The molecule has 72 valence electrons. The van der Waals surface area contributed by atoms with Gasteiger partial charge in [-0.2, -0.15) is 5.10 Å². The molecular formula is C10H17N3. The van der Waals surface area contributed by atoms with Crippen LogP contribution in [0.25, 0.3) is 0 Å². The van der Waals surface area contributed by atoms with Crippen molar-refractivity contribution in [1.82, 2.24) is 9.78 Å². The van der Waals surface area contributed by atoms with E-state index >= 15 is 0 Å². The summed E-state index contributed by atoms with van der Waals surface area (Å²) in [6.07, 6.45) is 7.37. The quantitative estimate of drug-likeness (QED) is 0.771. The topological polar surface area (TPSA) is 29.9 Å². The number of nitrogens with zero attached hydrogens (tertiary/aromatic N) is 2. The Hall–Kier alpha value is -0.990. The Labute approximate surface area is 79.1 Å². The fourth-order valence-electron chi connectivity index (χ4n) is 1.89. The second-order valence-corrected chi connectivity index (χ2v) is 3.68. The molecule has 1 saturated carbocycles. The average Bonchev–Trinajstić information content (AvgIpc) is 2.76. The maximum Gasteiger partial charge on any atom is 0.148 e. The highest BCUT2D eigenvalue weighted by molar-refractivity contribution is 5.33. The van der Waals surface area contributed by atoms with Crippen LogP contribution in [0.4, 0.5) is 5.82 Å². The van der Waals surface area contributed by atoms with E-state index < -0.39 is 0 Å². The molecule has 0 unspecified atom stereocenters. The summed E-state index contributed by atoms with van der Waals surface area (Å²) in [5.74, 6) is 1.04. The lowest BCUT2D eigenvalue weighted by molar-refractivity contribution is 0.655. The molecule has 13 heavy (non-hydrogen) atoms. The Kier molecular flexibility index (Phi) is 2.52. The minimum absolute atomic E-state index is 0.667. The van der Waals surface area contributed by atoms with Crippen molar-refractivity contribution in [3.05, 3.63) is 12.3 Å². The zero-order valence-electron chi connectivity index (χ0n) is 8.16. The molecule has 0 aromatic carbocycles. The smallest absolute Gasteiger partial charge is 0.148 e. The highest BCUT2D eigenvalue weighted by atomic mass is 15.3. The maximum absolute atomic E-state index is 4.40. The zero-order chi connectivity index (χ0) is 9.10. The van der Waals surface area contributed by atoms with Crippen molar-refractivity contribution in [1.29, 1.82) is 0 Å². The molecule has 0 atom stereocenters. The van der Waals surface area contributed by atoms with Gasteiger partial charge < -0.3 is 5.32 Å². The number of hydrogen-bond acceptors (Lipinski definition) is 2. The molecule has 0 radical (unpaired) electrons. The Bertz CT molecular complexity index is 261. The van der Waals surface area contributed by atoms with E-state index in [2.05, 4.69) is 23.4 Å². The second-order valence-electron chi connectivity index (χ2n) is 3.68. The lowest BCUT2D eigenvalue weighted by Crippen LogP contribution is -2.15.